The Balaban J connectivity index is 1.66. The number of carbonyl (C=O) groups excluding carboxylic acids is 1. The second kappa shape index (κ2) is 6.46. The van der Waals surface area contributed by atoms with Gasteiger partial charge >= 0.3 is 6.18 Å². The summed E-state index contributed by atoms with van der Waals surface area (Å²) in [5.74, 6) is 0.112. The highest BCUT2D eigenvalue weighted by Gasteiger charge is 2.30. The normalized spacial score (nSPS) is 14.7. The summed E-state index contributed by atoms with van der Waals surface area (Å²) in [5.41, 5.74) is -0.242. The van der Waals surface area contributed by atoms with Crippen LogP contribution in [-0.2, 0) is 6.18 Å². The SMILES string of the molecule is O=C(Nc1ccc(C(F)(F)F)cc1)c1cnc(N2CCCC2)nc1. The Bertz CT molecular complexity index is 708. The van der Waals surface area contributed by atoms with E-state index in [1.165, 1.54) is 24.5 Å². The van der Waals surface area contributed by atoms with Crippen molar-refractivity contribution in [3.63, 3.8) is 0 Å². The van der Waals surface area contributed by atoms with E-state index in [-0.39, 0.29) is 11.3 Å². The Labute approximate surface area is 136 Å². The van der Waals surface area contributed by atoms with E-state index in [0.29, 0.717) is 5.95 Å². The highest BCUT2D eigenvalue weighted by atomic mass is 19.4. The standard InChI is InChI=1S/C16H15F3N4O/c17-16(18,19)12-3-5-13(6-4-12)22-14(24)11-9-20-15(21-10-11)23-7-1-2-8-23/h3-6,9-10H,1-2,7-8H2,(H,22,24). The third-order valence-electron chi connectivity index (χ3n) is 3.76. The van der Waals surface area contributed by atoms with Crippen LogP contribution in [0.5, 0.6) is 0 Å². The van der Waals surface area contributed by atoms with Crippen molar-refractivity contribution in [3.05, 3.63) is 47.8 Å². The first kappa shape index (κ1) is 16.2. The van der Waals surface area contributed by atoms with Gasteiger partial charge in [-0.3, -0.25) is 4.79 Å². The Hall–Kier alpha value is -2.64. The third-order valence-corrected chi connectivity index (χ3v) is 3.76. The molecule has 24 heavy (non-hydrogen) atoms. The molecule has 8 heteroatoms. The minimum absolute atomic E-state index is 0.248. The first-order valence-corrected chi connectivity index (χ1v) is 7.49. The fraction of sp³-hybridized carbons (Fsp3) is 0.312. The molecule has 0 bridgehead atoms. The number of anilines is 2. The van der Waals surface area contributed by atoms with Gasteiger partial charge in [0.25, 0.3) is 5.91 Å². The number of halogens is 3. The van der Waals surface area contributed by atoms with Crippen molar-refractivity contribution in [2.75, 3.05) is 23.3 Å². The van der Waals surface area contributed by atoms with Gasteiger partial charge in [0.15, 0.2) is 0 Å². The van der Waals surface area contributed by atoms with Gasteiger partial charge in [-0.05, 0) is 37.1 Å². The van der Waals surface area contributed by atoms with Crippen molar-refractivity contribution < 1.29 is 18.0 Å². The van der Waals surface area contributed by atoms with Crippen LogP contribution < -0.4 is 10.2 Å². The summed E-state index contributed by atoms with van der Waals surface area (Å²) in [4.78, 5) is 22.5. The van der Waals surface area contributed by atoms with Crippen LogP contribution in [0.15, 0.2) is 36.7 Å². The molecule has 1 saturated heterocycles. The Morgan fingerprint density at radius 3 is 2.17 bits per heavy atom. The average molecular weight is 336 g/mol. The number of rotatable bonds is 3. The van der Waals surface area contributed by atoms with Crippen LogP contribution in [0.1, 0.15) is 28.8 Å². The van der Waals surface area contributed by atoms with Gasteiger partial charge in [-0.25, -0.2) is 9.97 Å². The summed E-state index contributed by atoms with van der Waals surface area (Å²) < 4.78 is 37.5. The monoisotopic (exact) mass is 336 g/mol. The van der Waals surface area contributed by atoms with Gasteiger partial charge in [-0.2, -0.15) is 13.2 Å². The van der Waals surface area contributed by atoms with Crippen molar-refractivity contribution >= 4 is 17.5 Å². The highest BCUT2D eigenvalue weighted by Crippen LogP contribution is 2.29. The molecule has 3 rings (SSSR count). The van der Waals surface area contributed by atoms with Gasteiger partial charge in [0.05, 0.1) is 11.1 Å². The van der Waals surface area contributed by atoms with Gasteiger partial charge in [0.2, 0.25) is 5.95 Å². The van der Waals surface area contributed by atoms with Crippen molar-refractivity contribution in [2.45, 2.75) is 19.0 Å². The summed E-state index contributed by atoms with van der Waals surface area (Å²) in [6, 6.07) is 4.26. The van der Waals surface area contributed by atoms with Crippen LogP contribution in [0.4, 0.5) is 24.8 Å². The molecule has 2 aromatic rings. The van der Waals surface area contributed by atoms with Crippen molar-refractivity contribution in [2.24, 2.45) is 0 Å². The molecule has 126 valence electrons. The highest BCUT2D eigenvalue weighted by molar-refractivity contribution is 6.03. The van der Waals surface area contributed by atoms with Gasteiger partial charge in [0.1, 0.15) is 0 Å². The zero-order valence-corrected chi connectivity index (χ0v) is 12.7. The molecule has 2 heterocycles. The van der Waals surface area contributed by atoms with Gasteiger partial charge in [-0.15, -0.1) is 0 Å². The summed E-state index contributed by atoms with van der Waals surface area (Å²) in [6.07, 6.45) is 0.626. The molecule has 1 amide bonds. The largest absolute Gasteiger partial charge is 0.416 e. The van der Waals surface area contributed by atoms with Gasteiger partial charge in [-0.1, -0.05) is 0 Å². The summed E-state index contributed by atoms with van der Waals surface area (Å²) in [7, 11) is 0. The fourth-order valence-electron chi connectivity index (χ4n) is 2.46. The lowest BCUT2D eigenvalue weighted by atomic mass is 10.2. The number of alkyl halides is 3. The number of hydrogen-bond acceptors (Lipinski definition) is 4. The van der Waals surface area contributed by atoms with Gasteiger partial charge in [0, 0.05) is 31.2 Å². The Morgan fingerprint density at radius 1 is 1.04 bits per heavy atom. The minimum atomic E-state index is -4.40. The zero-order chi connectivity index (χ0) is 17.2. The van der Waals surface area contributed by atoms with E-state index < -0.39 is 17.6 Å². The molecule has 1 aromatic heterocycles. The fourth-order valence-corrected chi connectivity index (χ4v) is 2.46. The number of nitrogens with one attached hydrogen (secondary N) is 1. The molecule has 0 aliphatic carbocycles. The number of amides is 1. The molecule has 0 spiro atoms. The van der Waals surface area contributed by atoms with E-state index in [9.17, 15) is 18.0 Å². The van der Waals surface area contributed by atoms with E-state index in [2.05, 4.69) is 15.3 Å². The summed E-state index contributed by atoms with van der Waals surface area (Å²) in [6.45, 7) is 1.80. The number of aromatic nitrogens is 2. The Morgan fingerprint density at radius 2 is 1.62 bits per heavy atom. The lowest BCUT2D eigenvalue weighted by molar-refractivity contribution is -0.137. The topological polar surface area (TPSA) is 58.1 Å². The summed E-state index contributed by atoms with van der Waals surface area (Å²) >= 11 is 0. The molecular weight excluding hydrogens is 321 g/mol. The lowest BCUT2D eigenvalue weighted by Gasteiger charge is -2.14. The zero-order valence-electron chi connectivity index (χ0n) is 12.7. The molecule has 1 aliphatic rings. The van der Waals surface area contributed by atoms with Crippen LogP contribution in [0, 0.1) is 0 Å². The van der Waals surface area contributed by atoms with Crippen LogP contribution in [0.25, 0.3) is 0 Å². The number of nitrogens with zero attached hydrogens (tertiary/aromatic N) is 3. The smallest absolute Gasteiger partial charge is 0.341 e. The number of hydrogen-bond donors (Lipinski definition) is 1. The van der Waals surface area contributed by atoms with E-state index in [4.69, 9.17) is 0 Å². The maximum Gasteiger partial charge on any atom is 0.416 e. The van der Waals surface area contributed by atoms with Crippen molar-refractivity contribution in [1.29, 1.82) is 0 Å². The predicted octanol–water partition coefficient (Wildman–Crippen LogP) is 3.35. The average Bonchev–Trinajstić information content (AvgIpc) is 3.09. The molecule has 0 saturated carbocycles. The second-order valence-corrected chi connectivity index (χ2v) is 5.50. The van der Waals surface area contributed by atoms with Crippen molar-refractivity contribution in [1.82, 2.24) is 9.97 Å². The van der Waals surface area contributed by atoms with Crippen LogP contribution >= 0.6 is 0 Å². The molecule has 0 unspecified atom stereocenters. The van der Waals surface area contributed by atoms with Crippen molar-refractivity contribution in [3.8, 4) is 0 Å². The molecule has 5 nitrogen and oxygen atoms in total. The lowest BCUT2D eigenvalue weighted by Crippen LogP contribution is -2.21. The first-order valence-electron chi connectivity index (χ1n) is 7.49. The number of benzene rings is 1. The molecule has 1 fully saturated rings. The molecular formula is C16H15F3N4O. The van der Waals surface area contributed by atoms with Crippen LogP contribution in [-0.4, -0.2) is 29.0 Å². The molecule has 1 aromatic carbocycles. The van der Waals surface area contributed by atoms with Crippen LogP contribution in [0.2, 0.25) is 0 Å². The summed E-state index contributed by atoms with van der Waals surface area (Å²) in [5, 5.41) is 2.53. The predicted molar refractivity (Wildman–Crippen MR) is 82.9 cm³/mol. The minimum Gasteiger partial charge on any atom is -0.341 e. The van der Waals surface area contributed by atoms with E-state index >= 15 is 0 Å². The molecule has 1 N–H and O–H groups in total. The molecule has 1 aliphatic heterocycles. The maximum atomic E-state index is 12.5. The van der Waals surface area contributed by atoms with E-state index in [1.54, 1.807) is 0 Å². The molecule has 0 atom stereocenters. The van der Waals surface area contributed by atoms with Crippen LogP contribution in [0.3, 0.4) is 0 Å². The van der Waals surface area contributed by atoms with E-state index in [0.717, 1.165) is 38.1 Å². The first-order chi connectivity index (χ1) is 11.4. The number of carbonyl (C=O) groups is 1. The Kier molecular flexibility index (Phi) is 4.37. The quantitative estimate of drug-likeness (QED) is 0.934. The maximum absolute atomic E-state index is 12.5. The second-order valence-electron chi connectivity index (χ2n) is 5.50. The third kappa shape index (κ3) is 3.64. The van der Waals surface area contributed by atoms with E-state index in [1.807, 2.05) is 4.90 Å². The van der Waals surface area contributed by atoms with Gasteiger partial charge < -0.3 is 10.2 Å². The molecule has 0 radical (unpaired) electrons.